The Hall–Kier alpha value is -1.66. The molecule has 6 nitrogen and oxygen atoms in total. The van der Waals surface area contributed by atoms with Crippen molar-refractivity contribution in [2.45, 2.75) is 12.8 Å². The first-order valence-corrected chi connectivity index (χ1v) is 7.39. The Labute approximate surface area is 143 Å². The fourth-order valence-electron chi connectivity index (χ4n) is 2.78. The number of benzene rings is 1. The third-order valence-corrected chi connectivity index (χ3v) is 4.05. The van der Waals surface area contributed by atoms with Crippen LogP contribution >= 0.6 is 12.4 Å². The summed E-state index contributed by atoms with van der Waals surface area (Å²) in [4.78, 5) is 14.3. The second kappa shape index (κ2) is 8.84. The molecule has 0 spiro atoms. The molecule has 23 heavy (non-hydrogen) atoms. The van der Waals surface area contributed by atoms with E-state index in [0.717, 1.165) is 25.1 Å². The standard InChI is InChI=1S/C16H24N2O4.ClH/c1-20-13-6-12(7-14(21-2)16(13)22-3)8-15(19)18-5-4-11(9-17)10-18;/h6-7,11H,4-5,8-10,17H2,1-3H3;1H. The van der Waals surface area contributed by atoms with E-state index in [1.165, 1.54) is 0 Å². The van der Waals surface area contributed by atoms with E-state index in [0.29, 0.717) is 36.1 Å². The Morgan fingerprint density at radius 3 is 2.26 bits per heavy atom. The molecular formula is C16H25ClN2O4. The van der Waals surface area contributed by atoms with E-state index < -0.39 is 0 Å². The molecule has 0 bridgehead atoms. The number of nitrogens with zero attached hydrogens (tertiary/aromatic N) is 1. The molecule has 0 saturated carbocycles. The van der Waals surface area contributed by atoms with Crippen LogP contribution < -0.4 is 19.9 Å². The van der Waals surface area contributed by atoms with Gasteiger partial charge in [0, 0.05) is 13.1 Å². The van der Waals surface area contributed by atoms with Gasteiger partial charge in [-0.25, -0.2) is 0 Å². The summed E-state index contributed by atoms with van der Waals surface area (Å²) in [6.45, 7) is 2.17. The van der Waals surface area contributed by atoms with E-state index in [1.54, 1.807) is 21.3 Å². The van der Waals surface area contributed by atoms with Crippen molar-refractivity contribution in [3.8, 4) is 17.2 Å². The Morgan fingerprint density at radius 2 is 1.83 bits per heavy atom. The lowest BCUT2D eigenvalue weighted by atomic mass is 10.1. The first-order valence-electron chi connectivity index (χ1n) is 7.39. The Morgan fingerprint density at radius 1 is 1.22 bits per heavy atom. The maximum Gasteiger partial charge on any atom is 0.227 e. The van der Waals surface area contributed by atoms with Gasteiger partial charge in [0.1, 0.15) is 0 Å². The summed E-state index contributed by atoms with van der Waals surface area (Å²) in [7, 11) is 4.69. The van der Waals surface area contributed by atoms with Crippen molar-refractivity contribution in [3.05, 3.63) is 17.7 Å². The summed E-state index contributed by atoms with van der Waals surface area (Å²) in [5.41, 5.74) is 6.51. The minimum Gasteiger partial charge on any atom is -0.493 e. The monoisotopic (exact) mass is 344 g/mol. The van der Waals surface area contributed by atoms with Gasteiger partial charge in [0.15, 0.2) is 11.5 Å². The first kappa shape index (κ1) is 19.4. The van der Waals surface area contributed by atoms with Crippen LogP contribution in [0.3, 0.4) is 0 Å². The third-order valence-electron chi connectivity index (χ3n) is 4.05. The molecule has 0 aliphatic carbocycles. The Kier molecular flexibility index (Phi) is 7.45. The van der Waals surface area contributed by atoms with Gasteiger partial charge >= 0.3 is 0 Å². The minimum absolute atomic E-state index is 0. The number of methoxy groups -OCH3 is 3. The largest absolute Gasteiger partial charge is 0.493 e. The molecule has 1 amide bonds. The van der Waals surface area contributed by atoms with E-state index >= 15 is 0 Å². The summed E-state index contributed by atoms with van der Waals surface area (Å²) in [5.74, 6) is 2.18. The zero-order valence-electron chi connectivity index (χ0n) is 13.8. The number of hydrogen-bond donors (Lipinski definition) is 1. The molecule has 1 saturated heterocycles. The summed E-state index contributed by atoms with van der Waals surface area (Å²) < 4.78 is 15.9. The molecule has 0 radical (unpaired) electrons. The van der Waals surface area contributed by atoms with Gasteiger partial charge in [-0.1, -0.05) is 0 Å². The highest BCUT2D eigenvalue weighted by molar-refractivity contribution is 5.85. The quantitative estimate of drug-likeness (QED) is 0.846. The number of rotatable bonds is 6. The van der Waals surface area contributed by atoms with Crippen LogP contribution in [0, 0.1) is 5.92 Å². The van der Waals surface area contributed by atoms with Gasteiger partial charge in [0.05, 0.1) is 27.8 Å². The van der Waals surface area contributed by atoms with Gasteiger partial charge in [0.25, 0.3) is 0 Å². The van der Waals surface area contributed by atoms with Gasteiger partial charge in [0.2, 0.25) is 11.7 Å². The fourth-order valence-corrected chi connectivity index (χ4v) is 2.78. The molecule has 1 atom stereocenters. The molecule has 1 fully saturated rings. The molecule has 0 aromatic heterocycles. The number of nitrogens with two attached hydrogens (primary N) is 1. The van der Waals surface area contributed by atoms with E-state index in [-0.39, 0.29) is 18.3 Å². The lowest BCUT2D eigenvalue weighted by molar-refractivity contribution is -0.129. The number of carbonyl (C=O) groups excluding carboxylic acids is 1. The lowest BCUT2D eigenvalue weighted by Crippen LogP contribution is -2.31. The molecule has 1 aliphatic heterocycles. The van der Waals surface area contributed by atoms with Gasteiger partial charge in [-0.15, -0.1) is 12.4 Å². The summed E-state index contributed by atoms with van der Waals surface area (Å²) in [6, 6.07) is 3.63. The van der Waals surface area contributed by atoms with Crippen LogP contribution in [-0.4, -0.2) is 51.8 Å². The zero-order valence-corrected chi connectivity index (χ0v) is 14.6. The van der Waals surface area contributed by atoms with Crippen LogP contribution in [0.15, 0.2) is 12.1 Å². The molecule has 1 aliphatic rings. The maximum absolute atomic E-state index is 12.4. The third kappa shape index (κ3) is 4.42. The molecule has 130 valence electrons. The SMILES string of the molecule is COc1cc(CC(=O)N2CCC(CN)C2)cc(OC)c1OC.Cl. The molecule has 2 rings (SSSR count). The molecule has 1 aromatic carbocycles. The lowest BCUT2D eigenvalue weighted by Gasteiger charge is -2.18. The average molecular weight is 345 g/mol. The van der Waals surface area contributed by atoms with E-state index in [1.807, 2.05) is 17.0 Å². The summed E-state index contributed by atoms with van der Waals surface area (Å²) >= 11 is 0. The number of carbonyl (C=O) groups is 1. The van der Waals surface area contributed by atoms with Gasteiger partial charge in [-0.05, 0) is 36.6 Å². The van der Waals surface area contributed by atoms with Crippen molar-refractivity contribution in [3.63, 3.8) is 0 Å². The van der Waals surface area contributed by atoms with Gasteiger partial charge in [-0.3, -0.25) is 4.79 Å². The molecule has 2 N–H and O–H groups in total. The van der Waals surface area contributed by atoms with Crippen LogP contribution in [0.2, 0.25) is 0 Å². The molecule has 7 heteroatoms. The van der Waals surface area contributed by atoms with Crippen molar-refractivity contribution in [2.24, 2.45) is 11.7 Å². The van der Waals surface area contributed by atoms with E-state index in [9.17, 15) is 4.79 Å². The Balaban J connectivity index is 0.00000264. The smallest absolute Gasteiger partial charge is 0.227 e. The molecule has 1 unspecified atom stereocenters. The summed E-state index contributed by atoms with van der Waals surface area (Å²) in [5, 5.41) is 0. The number of hydrogen-bond acceptors (Lipinski definition) is 5. The topological polar surface area (TPSA) is 74.0 Å². The second-order valence-electron chi connectivity index (χ2n) is 5.44. The van der Waals surface area contributed by atoms with Crippen molar-refractivity contribution in [1.29, 1.82) is 0 Å². The molecular weight excluding hydrogens is 320 g/mol. The number of ether oxygens (including phenoxy) is 3. The van der Waals surface area contributed by atoms with Crippen molar-refractivity contribution in [1.82, 2.24) is 4.90 Å². The summed E-state index contributed by atoms with van der Waals surface area (Å²) in [6.07, 6.45) is 1.30. The minimum atomic E-state index is 0. The van der Waals surface area contributed by atoms with E-state index in [4.69, 9.17) is 19.9 Å². The van der Waals surface area contributed by atoms with Crippen molar-refractivity contribution < 1.29 is 19.0 Å². The van der Waals surface area contributed by atoms with Crippen LogP contribution in [0.1, 0.15) is 12.0 Å². The highest BCUT2D eigenvalue weighted by Gasteiger charge is 2.25. The van der Waals surface area contributed by atoms with Crippen LogP contribution in [-0.2, 0) is 11.2 Å². The normalized spacial score (nSPS) is 16.7. The van der Waals surface area contributed by atoms with Crippen molar-refractivity contribution >= 4 is 18.3 Å². The molecule has 1 heterocycles. The Bertz CT molecular complexity index is 514. The fraction of sp³-hybridized carbons (Fsp3) is 0.562. The predicted molar refractivity (Wildman–Crippen MR) is 90.8 cm³/mol. The number of halogens is 1. The highest BCUT2D eigenvalue weighted by Crippen LogP contribution is 2.38. The van der Waals surface area contributed by atoms with Crippen LogP contribution in [0.5, 0.6) is 17.2 Å². The van der Waals surface area contributed by atoms with Gasteiger partial charge in [-0.2, -0.15) is 0 Å². The second-order valence-corrected chi connectivity index (χ2v) is 5.44. The number of amides is 1. The maximum atomic E-state index is 12.4. The zero-order chi connectivity index (χ0) is 16.1. The van der Waals surface area contributed by atoms with Gasteiger partial charge < -0.3 is 24.8 Å². The number of likely N-dealkylation sites (tertiary alicyclic amines) is 1. The highest BCUT2D eigenvalue weighted by atomic mass is 35.5. The molecule has 1 aromatic rings. The van der Waals surface area contributed by atoms with Crippen LogP contribution in [0.4, 0.5) is 0 Å². The van der Waals surface area contributed by atoms with E-state index in [2.05, 4.69) is 0 Å². The predicted octanol–water partition coefficient (Wildman–Crippen LogP) is 1.48. The first-order chi connectivity index (χ1) is 10.6. The van der Waals surface area contributed by atoms with Crippen LogP contribution in [0.25, 0.3) is 0 Å². The average Bonchev–Trinajstić information content (AvgIpc) is 3.03. The van der Waals surface area contributed by atoms with Crippen molar-refractivity contribution in [2.75, 3.05) is 41.0 Å².